The van der Waals surface area contributed by atoms with E-state index in [0.717, 1.165) is 0 Å². The van der Waals surface area contributed by atoms with Gasteiger partial charge in [0.15, 0.2) is 12.6 Å². The van der Waals surface area contributed by atoms with Crippen LogP contribution in [0.1, 0.15) is 13.3 Å². The van der Waals surface area contributed by atoms with E-state index in [4.69, 9.17) is 52.9 Å². The van der Waals surface area contributed by atoms with Crippen LogP contribution in [-0.4, -0.2) is 197 Å². The van der Waals surface area contributed by atoms with Crippen LogP contribution in [0.3, 0.4) is 0 Å². The summed E-state index contributed by atoms with van der Waals surface area (Å²) in [6.45, 7) is 3.24. The number of azide groups is 4. The van der Waals surface area contributed by atoms with Gasteiger partial charge in [-0.1, -0.05) is 20.5 Å². The van der Waals surface area contributed by atoms with Crippen LogP contribution in [0.15, 0.2) is 20.5 Å². The largest absolute Gasteiger partial charge is 0.388 e. The molecule has 0 aromatic rings. The van der Waals surface area contributed by atoms with Crippen molar-refractivity contribution in [3.63, 3.8) is 0 Å². The van der Waals surface area contributed by atoms with Crippen molar-refractivity contribution in [1.29, 1.82) is 0 Å². The second-order valence-electron chi connectivity index (χ2n) is 12.6. The Morgan fingerprint density at radius 3 is 1.45 bits per heavy atom. The Morgan fingerprint density at radius 2 is 0.964 bits per heavy atom. The highest BCUT2D eigenvalue weighted by Crippen LogP contribution is 2.34. The van der Waals surface area contributed by atoms with Crippen LogP contribution in [0.4, 0.5) is 0 Å². The fourth-order valence-corrected chi connectivity index (χ4v) is 5.83. The van der Waals surface area contributed by atoms with Crippen molar-refractivity contribution in [3.8, 4) is 0 Å². The van der Waals surface area contributed by atoms with E-state index >= 15 is 0 Å². The fraction of sp³-hybridized carbons (Fsp3) is 1.00. The number of rotatable bonds is 9. The van der Waals surface area contributed by atoms with Crippen LogP contribution < -0.4 is 0 Å². The lowest BCUT2D eigenvalue weighted by Crippen LogP contribution is -2.63. The first-order chi connectivity index (χ1) is 27.2. The summed E-state index contributed by atoms with van der Waals surface area (Å²) in [5, 5.41) is 69.2. The Kier molecular flexibility index (Phi) is 22.3. The highest BCUT2D eigenvalue weighted by molar-refractivity contribution is 5.03. The molecule has 316 valence electrons. The Balaban J connectivity index is 1.88. The van der Waals surface area contributed by atoms with E-state index in [1.165, 1.54) is 0 Å². The lowest BCUT2D eigenvalue weighted by atomic mass is 9.84. The maximum absolute atomic E-state index is 11.8. The third-order valence-corrected chi connectivity index (χ3v) is 8.63. The SMILES string of the molecule is C[C@H]1COCCOCCOCCOCCOCCOC[C@@H](N=[N+]=[N-])[C@@H](O)C(O[C@H]2C(O)[C@H](O[C@H]3OC(CN=[N+]=[N-])[C@@H](O)[C@H](O)C3O)C(N=[N+]=[N-])C[C@H]2N=[N+]=[N-])O1. The molecule has 0 radical (unpaired) electrons. The molecule has 14 atom stereocenters. The van der Waals surface area contributed by atoms with Gasteiger partial charge in [0.25, 0.3) is 0 Å². The Hall–Kier alpha value is -3.36. The predicted molar refractivity (Wildman–Crippen MR) is 185 cm³/mol. The zero-order valence-corrected chi connectivity index (χ0v) is 30.7. The first-order valence-corrected chi connectivity index (χ1v) is 17.8. The molecular weight excluding hydrogens is 756 g/mol. The van der Waals surface area contributed by atoms with Crippen LogP contribution in [0.25, 0.3) is 41.8 Å². The van der Waals surface area contributed by atoms with Crippen LogP contribution in [0, 0.1) is 0 Å². The average molecular weight is 807 g/mol. The third-order valence-electron chi connectivity index (χ3n) is 8.63. The molecule has 0 aromatic carbocycles. The quantitative estimate of drug-likeness (QED) is 0.115. The van der Waals surface area contributed by atoms with E-state index in [9.17, 15) is 42.1 Å². The second kappa shape index (κ2) is 26.5. The summed E-state index contributed by atoms with van der Waals surface area (Å²) in [5.41, 5.74) is 36.8. The molecule has 5 N–H and O–H groups in total. The lowest BCUT2D eigenvalue weighted by Gasteiger charge is -2.46. The van der Waals surface area contributed by atoms with Crippen LogP contribution in [-0.2, 0) is 47.4 Å². The molecule has 56 heavy (non-hydrogen) atoms. The molecule has 1 aliphatic carbocycles. The Morgan fingerprint density at radius 1 is 0.518 bits per heavy atom. The van der Waals surface area contributed by atoms with E-state index in [0.29, 0.717) is 33.0 Å². The average Bonchev–Trinajstić information content (AvgIpc) is 3.18. The predicted octanol–water partition coefficient (Wildman–Crippen LogP) is -0.119. The van der Waals surface area contributed by atoms with Crippen molar-refractivity contribution in [1.82, 2.24) is 0 Å². The number of hydrogen-bond acceptors (Lipinski definition) is 19. The van der Waals surface area contributed by atoms with Gasteiger partial charge >= 0.3 is 0 Å². The maximum atomic E-state index is 11.8. The standard InChI is InChI=1S/C29H50N12O15/c1-16-14-51-10-8-49-6-4-47-2-3-48-5-7-50-9-11-52-15-19(37-41-33)21(42)28(53-16)55-26-17(35-39-31)12-18(36-40-32)27(25(26)46)56-29-24(45)23(44)22(43)20(54-29)13-34-38-30/h16-29,42-46H,2-15H2,1H3/t16-,17+,18?,19+,20?,21+,22+,23-,24?,25?,26+,27+,28?,29+/m0/s1. The molecule has 5 unspecified atom stereocenters. The van der Waals surface area contributed by atoms with Gasteiger partial charge < -0.3 is 72.9 Å². The molecule has 27 heteroatoms. The molecule has 0 bridgehead atoms. The van der Waals surface area contributed by atoms with Gasteiger partial charge in [-0.05, 0) is 35.5 Å². The van der Waals surface area contributed by atoms with Crippen molar-refractivity contribution in [2.24, 2.45) is 20.5 Å². The lowest BCUT2D eigenvalue weighted by molar-refractivity contribution is -0.325. The minimum Gasteiger partial charge on any atom is -0.388 e. The molecule has 27 nitrogen and oxygen atoms in total. The van der Waals surface area contributed by atoms with Gasteiger partial charge in [-0.15, -0.1) is 0 Å². The zero-order valence-electron chi connectivity index (χ0n) is 30.7. The van der Waals surface area contributed by atoms with Gasteiger partial charge in [0.1, 0.15) is 30.5 Å². The summed E-state index contributed by atoms with van der Waals surface area (Å²) >= 11 is 0. The molecule has 0 aromatic heterocycles. The van der Waals surface area contributed by atoms with Crippen LogP contribution in [0.2, 0.25) is 0 Å². The normalized spacial score (nSPS) is 38.0. The number of ether oxygens (including phenoxy) is 10. The molecule has 3 fully saturated rings. The summed E-state index contributed by atoms with van der Waals surface area (Å²) in [7, 11) is 0. The Labute approximate surface area is 320 Å². The summed E-state index contributed by atoms with van der Waals surface area (Å²) in [6.07, 6.45) is -18.4. The fourth-order valence-electron chi connectivity index (χ4n) is 5.83. The molecule has 2 saturated heterocycles. The van der Waals surface area contributed by atoms with Gasteiger partial charge in [0, 0.05) is 19.6 Å². The van der Waals surface area contributed by atoms with Crippen LogP contribution in [0.5, 0.6) is 0 Å². The Bertz CT molecular complexity index is 1340. The number of nitrogens with zero attached hydrogens (tertiary/aromatic N) is 12. The molecule has 2 aliphatic heterocycles. The highest BCUT2D eigenvalue weighted by Gasteiger charge is 2.51. The van der Waals surface area contributed by atoms with Crippen molar-refractivity contribution in [3.05, 3.63) is 41.8 Å². The van der Waals surface area contributed by atoms with E-state index in [2.05, 4.69) is 40.1 Å². The summed E-state index contributed by atoms with van der Waals surface area (Å²) < 4.78 is 56.7. The molecule has 0 amide bonds. The van der Waals surface area contributed by atoms with Crippen LogP contribution >= 0.6 is 0 Å². The van der Waals surface area contributed by atoms with Crippen molar-refractivity contribution in [2.75, 3.05) is 85.8 Å². The summed E-state index contributed by atoms with van der Waals surface area (Å²) in [6, 6.07) is -3.95. The monoisotopic (exact) mass is 806 g/mol. The minimum atomic E-state index is -1.91. The molecule has 1 saturated carbocycles. The molecule has 2 heterocycles. The van der Waals surface area contributed by atoms with Gasteiger partial charge in [-0.25, -0.2) is 0 Å². The molecule has 3 rings (SSSR count). The first-order valence-electron chi connectivity index (χ1n) is 17.8. The second-order valence-corrected chi connectivity index (χ2v) is 12.6. The summed E-state index contributed by atoms with van der Waals surface area (Å²) in [5.74, 6) is 0. The minimum absolute atomic E-state index is 0.0363. The summed E-state index contributed by atoms with van der Waals surface area (Å²) in [4.78, 5) is 11.0. The first kappa shape index (κ1) is 47.0. The van der Waals surface area contributed by atoms with Gasteiger partial charge in [-0.2, -0.15) is 0 Å². The van der Waals surface area contributed by atoms with Gasteiger partial charge in [-0.3, -0.25) is 0 Å². The van der Waals surface area contributed by atoms with E-state index in [-0.39, 0.29) is 52.7 Å². The van der Waals surface area contributed by atoms with E-state index in [1.807, 2.05) is 0 Å². The maximum Gasteiger partial charge on any atom is 0.186 e. The van der Waals surface area contributed by atoms with E-state index in [1.54, 1.807) is 6.92 Å². The van der Waals surface area contributed by atoms with Crippen molar-refractivity contribution >= 4 is 0 Å². The zero-order chi connectivity index (χ0) is 40.7. The van der Waals surface area contributed by atoms with Gasteiger partial charge in [0.05, 0.1) is 128 Å². The molecule has 3 aliphatic rings. The highest BCUT2D eigenvalue weighted by atomic mass is 16.7. The number of hydrogen-bond donors (Lipinski definition) is 5. The topological polar surface area (TPSA) is 388 Å². The number of aliphatic hydroxyl groups is 5. The van der Waals surface area contributed by atoms with Crippen molar-refractivity contribution < 1.29 is 72.9 Å². The van der Waals surface area contributed by atoms with E-state index < -0.39 is 92.2 Å². The third kappa shape index (κ3) is 15.2. The molecule has 0 spiro atoms. The smallest absolute Gasteiger partial charge is 0.186 e. The number of aliphatic hydroxyl groups excluding tert-OH is 5. The molecular formula is C29H50N12O15. The van der Waals surface area contributed by atoms with Gasteiger partial charge in [0.2, 0.25) is 0 Å². The van der Waals surface area contributed by atoms with Crippen molar-refractivity contribution in [2.45, 2.75) is 99.0 Å².